The van der Waals surface area contributed by atoms with Crippen LogP contribution in [0.15, 0.2) is 6.07 Å². The van der Waals surface area contributed by atoms with Gasteiger partial charge in [-0.15, -0.1) is 11.3 Å². The van der Waals surface area contributed by atoms with E-state index in [1.807, 2.05) is 11.3 Å². The number of anilines is 1. The summed E-state index contributed by atoms with van der Waals surface area (Å²) in [7, 11) is 0. The molecule has 252 valence electrons. The van der Waals surface area contributed by atoms with Crippen molar-refractivity contribution < 1.29 is 23.8 Å². The van der Waals surface area contributed by atoms with Crippen LogP contribution in [-0.4, -0.2) is 77.4 Å². The average Bonchev–Trinajstić information content (AvgIpc) is 3.66. The molecular weight excluding hydrogens is 602 g/mol. The number of nitrogens with zero attached hydrogens (tertiary/aromatic N) is 4. The molecule has 6 rings (SSSR count). The van der Waals surface area contributed by atoms with Crippen LogP contribution in [0.3, 0.4) is 0 Å². The Morgan fingerprint density at radius 2 is 1.78 bits per heavy atom. The molecule has 1 amide bonds. The summed E-state index contributed by atoms with van der Waals surface area (Å²) in [5, 5.41) is 0. The van der Waals surface area contributed by atoms with Gasteiger partial charge in [-0.05, 0) is 88.5 Å². The van der Waals surface area contributed by atoms with Crippen LogP contribution in [0.4, 0.5) is 5.82 Å². The zero-order valence-corrected chi connectivity index (χ0v) is 28.5. The molecule has 0 radical (unpaired) electrons. The fourth-order valence-electron chi connectivity index (χ4n) is 7.58. The standard InChI is InChI=1S/C35H51N5O5S/c1-3-5-6-29-38-31-32(40(29)20-23-13-17-43-18-14-23)33-27(37-34(31)36)19-28(46-33)25-11-15-39(16-12-25)35(42)26-9-7-24(8-10-26)21-44-22-30(41)45-4-2/h19,23-26H,3-18,20-22H2,1-2H3,(H2,36,37). The number of amides is 1. The molecule has 2 aliphatic heterocycles. The number of imidazole rings is 1. The summed E-state index contributed by atoms with van der Waals surface area (Å²) in [5.74, 6) is 3.15. The lowest BCUT2D eigenvalue weighted by atomic mass is 9.81. The lowest BCUT2D eigenvalue weighted by molar-refractivity contribution is -0.149. The Hall–Kier alpha value is -2.76. The normalized spacial score (nSPS) is 21.7. The third-order valence-electron chi connectivity index (χ3n) is 10.3. The highest BCUT2D eigenvalue weighted by Gasteiger charge is 2.33. The van der Waals surface area contributed by atoms with Crippen molar-refractivity contribution in [2.75, 3.05) is 51.9 Å². The molecule has 1 aliphatic carbocycles. The Balaban J connectivity index is 1.10. The van der Waals surface area contributed by atoms with E-state index in [0.29, 0.717) is 42.7 Å². The maximum absolute atomic E-state index is 13.5. The second-order valence-electron chi connectivity index (χ2n) is 13.5. The van der Waals surface area contributed by atoms with Crippen molar-refractivity contribution >= 4 is 50.3 Å². The number of esters is 1. The van der Waals surface area contributed by atoms with Crippen molar-refractivity contribution in [2.24, 2.45) is 17.8 Å². The van der Waals surface area contributed by atoms with Crippen LogP contribution in [0, 0.1) is 17.8 Å². The van der Waals surface area contributed by atoms with Crippen LogP contribution >= 0.6 is 11.3 Å². The van der Waals surface area contributed by atoms with E-state index in [2.05, 4.69) is 22.5 Å². The quantitative estimate of drug-likeness (QED) is 0.233. The molecule has 2 N–H and O–H groups in total. The predicted molar refractivity (Wildman–Crippen MR) is 181 cm³/mol. The maximum Gasteiger partial charge on any atom is 0.332 e. The Labute approximate surface area is 276 Å². The number of pyridine rings is 1. The van der Waals surface area contributed by atoms with E-state index in [4.69, 9.17) is 29.9 Å². The first-order chi connectivity index (χ1) is 22.4. The summed E-state index contributed by atoms with van der Waals surface area (Å²) in [4.78, 5) is 38.4. The number of nitrogens with two attached hydrogens (primary N) is 1. The molecule has 46 heavy (non-hydrogen) atoms. The molecule has 3 fully saturated rings. The van der Waals surface area contributed by atoms with Crippen molar-refractivity contribution in [1.29, 1.82) is 0 Å². The second kappa shape index (κ2) is 15.4. The molecule has 5 heterocycles. The van der Waals surface area contributed by atoms with Gasteiger partial charge >= 0.3 is 5.97 Å². The SMILES string of the molecule is CCCCc1nc2c(N)nc3cc(C4CCN(C(=O)C5CCC(COCC(=O)OCC)CC5)CC4)sc3c2n1CC1CCOCC1. The van der Waals surface area contributed by atoms with Crippen molar-refractivity contribution in [2.45, 2.75) is 96.9 Å². The predicted octanol–water partition coefficient (Wildman–Crippen LogP) is 6.09. The number of fused-ring (bicyclic) bond motifs is 3. The number of carbonyl (C=O) groups excluding carboxylic acids is 2. The van der Waals surface area contributed by atoms with E-state index in [-0.39, 0.29) is 18.5 Å². The third kappa shape index (κ3) is 7.52. The molecule has 3 aromatic heterocycles. The molecule has 10 nitrogen and oxygen atoms in total. The van der Waals surface area contributed by atoms with Crippen LogP contribution in [-0.2, 0) is 36.8 Å². The summed E-state index contributed by atoms with van der Waals surface area (Å²) in [6.45, 7) is 9.18. The van der Waals surface area contributed by atoms with Crippen molar-refractivity contribution in [3.63, 3.8) is 0 Å². The van der Waals surface area contributed by atoms with Crippen molar-refractivity contribution in [3.8, 4) is 0 Å². The molecule has 3 aliphatic rings. The van der Waals surface area contributed by atoms with Gasteiger partial charge in [-0.3, -0.25) is 4.79 Å². The number of aromatic nitrogens is 3. The molecular formula is C35H51N5O5S. The van der Waals surface area contributed by atoms with Crippen LogP contribution in [0.1, 0.15) is 94.7 Å². The van der Waals surface area contributed by atoms with Crippen molar-refractivity contribution in [1.82, 2.24) is 19.4 Å². The second-order valence-corrected chi connectivity index (χ2v) is 14.6. The maximum atomic E-state index is 13.5. The van der Waals surface area contributed by atoms with E-state index in [0.717, 1.165) is 126 Å². The van der Waals surface area contributed by atoms with Gasteiger partial charge in [0.05, 0.1) is 28.9 Å². The molecule has 0 spiro atoms. The first-order valence-electron chi connectivity index (χ1n) is 17.6. The van der Waals surface area contributed by atoms with Gasteiger partial charge in [0.25, 0.3) is 0 Å². The number of piperidine rings is 1. The fourth-order valence-corrected chi connectivity index (χ4v) is 8.91. The summed E-state index contributed by atoms with van der Waals surface area (Å²) in [6.07, 6.45) is 11.0. The minimum absolute atomic E-state index is 0.00962. The van der Waals surface area contributed by atoms with Crippen molar-refractivity contribution in [3.05, 3.63) is 16.8 Å². The zero-order valence-electron chi connectivity index (χ0n) is 27.6. The lowest BCUT2D eigenvalue weighted by Gasteiger charge is -2.36. The topological polar surface area (TPSA) is 122 Å². The number of hydrogen-bond donors (Lipinski definition) is 1. The minimum Gasteiger partial charge on any atom is -0.464 e. The van der Waals surface area contributed by atoms with E-state index in [9.17, 15) is 9.59 Å². The molecule has 0 aromatic carbocycles. The molecule has 1 saturated carbocycles. The summed E-state index contributed by atoms with van der Waals surface area (Å²) >= 11 is 1.86. The van der Waals surface area contributed by atoms with Crippen LogP contribution in [0.2, 0.25) is 0 Å². The number of hydrogen-bond acceptors (Lipinski definition) is 9. The monoisotopic (exact) mass is 653 g/mol. The van der Waals surface area contributed by atoms with Gasteiger partial charge < -0.3 is 29.4 Å². The smallest absolute Gasteiger partial charge is 0.332 e. The van der Waals surface area contributed by atoms with Crippen LogP contribution < -0.4 is 5.73 Å². The number of aryl methyl sites for hydroxylation is 1. The minimum atomic E-state index is -0.312. The number of rotatable bonds is 12. The first-order valence-corrected chi connectivity index (χ1v) is 18.4. The van der Waals surface area contributed by atoms with Gasteiger partial charge in [0.1, 0.15) is 17.9 Å². The Morgan fingerprint density at radius 1 is 1.02 bits per heavy atom. The number of nitrogen functional groups attached to an aromatic ring is 1. The molecule has 2 saturated heterocycles. The number of unbranched alkanes of at least 4 members (excludes halogenated alkanes) is 1. The first kappa shape index (κ1) is 33.2. The van der Waals surface area contributed by atoms with Gasteiger partial charge in [-0.1, -0.05) is 13.3 Å². The average molecular weight is 654 g/mol. The Morgan fingerprint density at radius 3 is 2.50 bits per heavy atom. The Kier molecular flexibility index (Phi) is 11.1. The molecule has 0 atom stereocenters. The largest absolute Gasteiger partial charge is 0.464 e. The fraction of sp³-hybridized carbons (Fsp3) is 0.714. The van der Waals surface area contributed by atoms with E-state index in [1.165, 1.54) is 9.58 Å². The van der Waals surface area contributed by atoms with Gasteiger partial charge in [-0.25, -0.2) is 14.8 Å². The van der Waals surface area contributed by atoms with Gasteiger partial charge in [0.15, 0.2) is 5.82 Å². The third-order valence-corrected chi connectivity index (χ3v) is 11.6. The summed E-state index contributed by atoms with van der Waals surface area (Å²) < 4.78 is 19.8. The highest BCUT2D eigenvalue weighted by Crippen LogP contribution is 2.41. The van der Waals surface area contributed by atoms with E-state index >= 15 is 0 Å². The molecule has 3 aromatic rings. The summed E-state index contributed by atoms with van der Waals surface area (Å²) in [5.41, 5.74) is 9.54. The molecule has 0 unspecified atom stereocenters. The molecule has 11 heteroatoms. The molecule has 0 bridgehead atoms. The van der Waals surface area contributed by atoms with E-state index in [1.54, 1.807) is 6.92 Å². The van der Waals surface area contributed by atoms with E-state index < -0.39 is 0 Å². The lowest BCUT2D eigenvalue weighted by Crippen LogP contribution is -2.42. The number of thiophene rings is 1. The highest BCUT2D eigenvalue weighted by atomic mass is 32.1. The van der Waals surface area contributed by atoms with Gasteiger partial charge in [0, 0.05) is 50.1 Å². The summed E-state index contributed by atoms with van der Waals surface area (Å²) in [6, 6.07) is 2.25. The number of carbonyl (C=O) groups is 2. The number of likely N-dealkylation sites (tertiary alicyclic amines) is 1. The van der Waals surface area contributed by atoms with Gasteiger partial charge in [0.2, 0.25) is 5.91 Å². The van der Waals surface area contributed by atoms with Gasteiger partial charge in [-0.2, -0.15) is 0 Å². The van der Waals surface area contributed by atoms with Crippen LogP contribution in [0.5, 0.6) is 0 Å². The highest BCUT2D eigenvalue weighted by molar-refractivity contribution is 7.20. The zero-order chi connectivity index (χ0) is 32.0. The number of ether oxygens (including phenoxy) is 3. The van der Waals surface area contributed by atoms with Crippen LogP contribution in [0.25, 0.3) is 21.3 Å². The Bertz CT molecular complexity index is 1480.